The minimum Gasteiger partial charge on any atom is -0.489 e. The van der Waals surface area contributed by atoms with Crippen molar-refractivity contribution in [3.63, 3.8) is 0 Å². The molecule has 2 heterocycles. The van der Waals surface area contributed by atoms with Gasteiger partial charge in [0.05, 0.1) is 32.8 Å². The first-order valence-electron chi connectivity index (χ1n) is 11.5. The molecule has 5 aromatic rings. The molecule has 186 valence electrons. The second kappa shape index (κ2) is 10.2. The van der Waals surface area contributed by atoms with E-state index in [0.29, 0.717) is 43.8 Å². The third kappa shape index (κ3) is 5.01. The molecule has 0 atom stereocenters. The Bertz CT molecular complexity index is 1590. The van der Waals surface area contributed by atoms with Gasteiger partial charge in [-0.25, -0.2) is 9.78 Å². The first-order valence-corrected chi connectivity index (χ1v) is 12.2. The molecule has 0 aliphatic heterocycles. The molecule has 3 aromatic carbocycles. The van der Waals surface area contributed by atoms with Gasteiger partial charge in [-0.05, 0) is 47.5 Å². The molecule has 0 radical (unpaired) electrons. The van der Waals surface area contributed by atoms with E-state index in [-0.39, 0.29) is 18.2 Å². The maximum atomic E-state index is 11.1. The van der Waals surface area contributed by atoms with Crippen LogP contribution in [0.4, 0.5) is 0 Å². The molecule has 0 aliphatic rings. The maximum Gasteiger partial charge on any atom is 0.356 e. The van der Waals surface area contributed by atoms with Gasteiger partial charge in [-0.15, -0.1) is 0 Å². The zero-order chi connectivity index (χ0) is 26.1. The lowest BCUT2D eigenvalue weighted by atomic mass is 10.0. The Morgan fingerprint density at radius 1 is 1.00 bits per heavy atom. The van der Waals surface area contributed by atoms with Crippen LogP contribution in [0.2, 0.25) is 10.0 Å². The molecule has 0 saturated carbocycles. The van der Waals surface area contributed by atoms with Crippen molar-refractivity contribution in [1.29, 1.82) is 0 Å². The number of halogens is 2. The van der Waals surface area contributed by atoms with Crippen molar-refractivity contribution < 1.29 is 19.2 Å². The van der Waals surface area contributed by atoms with Crippen molar-refractivity contribution in [2.24, 2.45) is 0 Å². The van der Waals surface area contributed by atoms with E-state index < -0.39 is 5.97 Å². The second-order valence-electron chi connectivity index (χ2n) is 8.70. The smallest absolute Gasteiger partial charge is 0.356 e. The highest BCUT2D eigenvalue weighted by Gasteiger charge is 2.23. The number of carboxylic acids is 1. The van der Waals surface area contributed by atoms with Gasteiger partial charge in [-0.3, -0.25) is 4.98 Å². The van der Waals surface area contributed by atoms with Gasteiger partial charge in [0, 0.05) is 11.5 Å². The number of carbonyl (C=O) groups is 1. The van der Waals surface area contributed by atoms with Gasteiger partial charge >= 0.3 is 5.97 Å². The Kier molecular flexibility index (Phi) is 6.82. The number of hydrogen-bond donors (Lipinski definition) is 1. The Labute approximate surface area is 222 Å². The average molecular weight is 534 g/mol. The first kappa shape index (κ1) is 24.7. The van der Waals surface area contributed by atoms with Gasteiger partial charge in [0.15, 0.2) is 5.69 Å². The highest BCUT2D eigenvalue weighted by molar-refractivity contribution is 6.39. The highest BCUT2D eigenvalue weighted by Crippen LogP contribution is 2.39. The van der Waals surface area contributed by atoms with Gasteiger partial charge in [0.25, 0.3) is 0 Å². The van der Waals surface area contributed by atoms with E-state index in [1.807, 2.05) is 50.2 Å². The van der Waals surface area contributed by atoms with Crippen LogP contribution >= 0.6 is 23.2 Å². The number of benzene rings is 3. The number of rotatable bonds is 7. The van der Waals surface area contributed by atoms with Gasteiger partial charge in [0.1, 0.15) is 23.8 Å². The lowest BCUT2D eigenvalue weighted by molar-refractivity contribution is 0.0690. The van der Waals surface area contributed by atoms with Gasteiger partial charge in [-0.2, -0.15) is 0 Å². The number of hydrogen-bond acceptors (Lipinski definition) is 6. The number of carboxylic acid groups (broad SMARTS) is 1. The van der Waals surface area contributed by atoms with E-state index in [1.54, 1.807) is 24.3 Å². The zero-order valence-corrected chi connectivity index (χ0v) is 21.4. The van der Waals surface area contributed by atoms with Crippen LogP contribution in [0.1, 0.15) is 41.6 Å². The van der Waals surface area contributed by atoms with E-state index in [1.165, 1.54) is 6.20 Å². The molecule has 0 saturated heterocycles. The highest BCUT2D eigenvalue weighted by atomic mass is 35.5. The van der Waals surface area contributed by atoms with E-state index in [2.05, 4.69) is 15.1 Å². The van der Waals surface area contributed by atoms with Crippen LogP contribution in [-0.2, 0) is 6.61 Å². The molecule has 0 bridgehead atoms. The number of aromatic carboxylic acids is 1. The summed E-state index contributed by atoms with van der Waals surface area (Å²) < 4.78 is 11.8. The quantitative estimate of drug-likeness (QED) is 0.229. The topological polar surface area (TPSA) is 98.3 Å². The van der Waals surface area contributed by atoms with Gasteiger partial charge in [0.2, 0.25) is 0 Å². The van der Waals surface area contributed by atoms with Crippen molar-refractivity contribution in [3.05, 3.63) is 93.9 Å². The lowest BCUT2D eigenvalue weighted by Gasteiger charge is -2.11. The summed E-state index contributed by atoms with van der Waals surface area (Å²) in [5.74, 6) is 0.363. The van der Waals surface area contributed by atoms with Gasteiger partial charge < -0.3 is 14.4 Å². The summed E-state index contributed by atoms with van der Waals surface area (Å²) in [4.78, 5) is 19.5. The van der Waals surface area contributed by atoms with Crippen LogP contribution in [0.3, 0.4) is 0 Å². The predicted molar refractivity (Wildman–Crippen MR) is 142 cm³/mol. The zero-order valence-electron chi connectivity index (χ0n) is 19.9. The molecular formula is C28H21Cl2N3O4. The Hall–Kier alpha value is -3.94. The molecule has 5 rings (SSSR count). The number of aromatic nitrogens is 3. The molecule has 9 heteroatoms. The third-order valence-corrected chi connectivity index (χ3v) is 6.50. The third-order valence-electron chi connectivity index (χ3n) is 5.87. The summed E-state index contributed by atoms with van der Waals surface area (Å²) in [5, 5.41) is 14.4. The molecule has 1 N–H and O–H groups in total. The van der Waals surface area contributed by atoms with Crippen LogP contribution in [0, 0.1) is 0 Å². The van der Waals surface area contributed by atoms with Crippen LogP contribution in [-0.4, -0.2) is 26.2 Å². The molecule has 2 aromatic heterocycles. The van der Waals surface area contributed by atoms with Crippen LogP contribution in [0.5, 0.6) is 5.75 Å². The van der Waals surface area contributed by atoms with Crippen LogP contribution < -0.4 is 4.74 Å². The first-order chi connectivity index (χ1) is 17.8. The molecule has 37 heavy (non-hydrogen) atoms. The Morgan fingerprint density at radius 2 is 1.70 bits per heavy atom. The van der Waals surface area contributed by atoms with E-state index in [0.717, 1.165) is 16.7 Å². The standard InChI is InChI=1S/C28H21Cl2N3O4/c1-15(2)27-19(26(33-37-27)25-20(29)4-3-5-21(25)30)14-36-18-9-6-16(7-10-18)17-8-11-22-23(12-17)31-13-24(32-22)28(34)35/h3-13,15H,14H2,1-2H3,(H,34,35). The Morgan fingerprint density at radius 3 is 2.38 bits per heavy atom. The summed E-state index contributed by atoms with van der Waals surface area (Å²) in [5.41, 5.74) is 4.90. The lowest BCUT2D eigenvalue weighted by Crippen LogP contribution is -2.01. The van der Waals surface area contributed by atoms with Crippen molar-refractivity contribution in [3.8, 4) is 28.1 Å². The molecule has 0 fully saturated rings. The minimum atomic E-state index is -1.11. The molecule has 0 spiro atoms. The molecule has 0 unspecified atom stereocenters. The maximum absolute atomic E-state index is 11.1. The monoisotopic (exact) mass is 533 g/mol. The average Bonchev–Trinajstić information content (AvgIpc) is 3.31. The van der Waals surface area contributed by atoms with E-state index >= 15 is 0 Å². The largest absolute Gasteiger partial charge is 0.489 e. The van der Waals surface area contributed by atoms with Crippen molar-refractivity contribution in [2.75, 3.05) is 0 Å². The minimum absolute atomic E-state index is 0.0878. The summed E-state index contributed by atoms with van der Waals surface area (Å²) >= 11 is 12.9. The number of fused-ring (bicyclic) bond motifs is 1. The molecular weight excluding hydrogens is 513 g/mol. The molecule has 0 amide bonds. The fraction of sp³-hybridized carbons (Fsp3) is 0.143. The summed E-state index contributed by atoms with van der Waals surface area (Å²) in [6.07, 6.45) is 1.26. The summed E-state index contributed by atoms with van der Waals surface area (Å²) in [6, 6.07) is 18.5. The predicted octanol–water partition coefficient (Wildman–Crippen LogP) is 7.66. The van der Waals surface area contributed by atoms with Crippen LogP contribution in [0.15, 0.2) is 71.4 Å². The van der Waals surface area contributed by atoms with Crippen molar-refractivity contribution in [1.82, 2.24) is 15.1 Å². The van der Waals surface area contributed by atoms with Gasteiger partial charge in [-0.1, -0.05) is 66.5 Å². The van der Waals surface area contributed by atoms with Crippen LogP contribution in [0.25, 0.3) is 33.4 Å². The Balaban J connectivity index is 1.38. The van der Waals surface area contributed by atoms with Crippen molar-refractivity contribution >= 4 is 40.2 Å². The summed E-state index contributed by atoms with van der Waals surface area (Å²) in [6.45, 7) is 4.27. The fourth-order valence-corrected chi connectivity index (χ4v) is 4.60. The van der Waals surface area contributed by atoms with E-state index in [9.17, 15) is 4.79 Å². The number of nitrogens with zero attached hydrogens (tertiary/aromatic N) is 3. The van der Waals surface area contributed by atoms with E-state index in [4.69, 9.17) is 37.6 Å². The molecule has 7 nitrogen and oxygen atoms in total. The van der Waals surface area contributed by atoms with Crippen molar-refractivity contribution in [2.45, 2.75) is 26.4 Å². The number of ether oxygens (including phenoxy) is 1. The SMILES string of the molecule is CC(C)c1onc(-c2c(Cl)cccc2Cl)c1COc1ccc(-c2ccc3nc(C(=O)O)cnc3c2)cc1. The summed E-state index contributed by atoms with van der Waals surface area (Å²) in [7, 11) is 0. The molecule has 0 aliphatic carbocycles. The second-order valence-corrected chi connectivity index (χ2v) is 9.52. The fourth-order valence-electron chi connectivity index (χ4n) is 4.03. The normalized spacial score (nSPS) is 11.3.